The Hall–Kier alpha value is -2.08. The molecule has 132 valence electrons. The number of ether oxygens (including phenoxy) is 1. The minimum Gasteiger partial charge on any atom is -0.383 e. The van der Waals surface area contributed by atoms with Gasteiger partial charge in [0.15, 0.2) is 5.16 Å². The molecule has 0 aliphatic carbocycles. The molecule has 0 aliphatic heterocycles. The van der Waals surface area contributed by atoms with E-state index in [0.29, 0.717) is 6.61 Å². The summed E-state index contributed by atoms with van der Waals surface area (Å²) in [6.07, 6.45) is 1.81. The average Bonchev–Trinajstić information content (AvgIpc) is 3.03. The highest BCUT2D eigenvalue weighted by atomic mass is 35.5. The number of para-hydroxylation sites is 2. The van der Waals surface area contributed by atoms with E-state index in [4.69, 9.17) is 21.3 Å². The Bertz CT molecular complexity index is 1060. The smallest absolute Gasteiger partial charge is 0.169 e. The van der Waals surface area contributed by atoms with E-state index in [1.807, 2.05) is 42.5 Å². The quantitative estimate of drug-likeness (QED) is 0.430. The van der Waals surface area contributed by atoms with E-state index in [1.54, 1.807) is 25.1 Å². The summed E-state index contributed by atoms with van der Waals surface area (Å²) in [6.45, 7) is 1.43. The molecule has 4 aromatic rings. The first-order valence-electron chi connectivity index (χ1n) is 8.37. The van der Waals surface area contributed by atoms with Crippen LogP contribution in [-0.4, -0.2) is 28.3 Å². The Kier molecular flexibility index (Phi) is 5.11. The first-order chi connectivity index (χ1) is 12.8. The number of pyridine rings is 1. The van der Waals surface area contributed by atoms with Gasteiger partial charge in [0.1, 0.15) is 0 Å². The molecule has 6 heteroatoms. The third kappa shape index (κ3) is 3.30. The normalized spacial score (nSPS) is 11.5. The highest BCUT2D eigenvalue weighted by molar-refractivity contribution is 7.98. The highest BCUT2D eigenvalue weighted by Crippen LogP contribution is 2.31. The maximum absolute atomic E-state index is 6.30. The number of nitrogens with zero attached hydrogens (tertiary/aromatic N) is 3. The molecule has 0 bridgehead atoms. The lowest BCUT2D eigenvalue weighted by atomic mass is 10.1. The maximum Gasteiger partial charge on any atom is 0.169 e. The molecular weight excluding hydrogens is 366 g/mol. The van der Waals surface area contributed by atoms with E-state index in [9.17, 15) is 0 Å². The molecule has 4 rings (SSSR count). The second kappa shape index (κ2) is 7.66. The van der Waals surface area contributed by atoms with E-state index in [0.717, 1.165) is 50.0 Å². The van der Waals surface area contributed by atoms with Crippen LogP contribution in [0.25, 0.3) is 21.9 Å². The fourth-order valence-corrected chi connectivity index (χ4v) is 4.26. The second-order valence-corrected chi connectivity index (χ2v) is 7.27. The van der Waals surface area contributed by atoms with Crippen LogP contribution in [0.5, 0.6) is 0 Å². The molecule has 0 unspecified atom stereocenters. The van der Waals surface area contributed by atoms with Crippen molar-refractivity contribution in [2.45, 2.75) is 17.5 Å². The van der Waals surface area contributed by atoms with E-state index in [1.165, 1.54) is 0 Å². The Balaban J connectivity index is 1.67. The molecule has 2 aromatic carbocycles. The van der Waals surface area contributed by atoms with Gasteiger partial charge in [-0.1, -0.05) is 41.6 Å². The summed E-state index contributed by atoms with van der Waals surface area (Å²) in [5, 5.41) is 2.71. The van der Waals surface area contributed by atoms with E-state index >= 15 is 0 Å². The average molecular weight is 384 g/mol. The van der Waals surface area contributed by atoms with Crippen LogP contribution in [-0.2, 0) is 17.0 Å². The zero-order valence-electron chi connectivity index (χ0n) is 14.4. The molecule has 0 N–H and O–H groups in total. The molecule has 0 fully saturated rings. The molecule has 0 saturated heterocycles. The van der Waals surface area contributed by atoms with Crippen molar-refractivity contribution in [1.29, 1.82) is 0 Å². The number of imidazole rings is 1. The van der Waals surface area contributed by atoms with Gasteiger partial charge in [0.2, 0.25) is 0 Å². The van der Waals surface area contributed by atoms with Crippen LogP contribution in [0.2, 0.25) is 5.02 Å². The predicted molar refractivity (Wildman–Crippen MR) is 108 cm³/mol. The Labute approximate surface area is 161 Å². The molecule has 0 radical (unpaired) electrons. The van der Waals surface area contributed by atoms with Gasteiger partial charge in [0, 0.05) is 36.0 Å². The van der Waals surface area contributed by atoms with Crippen LogP contribution < -0.4 is 0 Å². The van der Waals surface area contributed by atoms with Crippen LogP contribution in [0, 0.1) is 0 Å². The number of aromatic nitrogens is 3. The van der Waals surface area contributed by atoms with E-state index in [-0.39, 0.29) is 0 Å². The maximum atomic E-state index is 6.30. The third-order valence-electron chi connectivity index (χ3n) is 4.30. The first-order valence-corrected chi connectivity index (χ1v) is 9.73. The lowest BCUT2D eigenvalue weighted by molar-refractivity contribution is 0.186. The molecule has 0 spiro atoms. The zero-order valence-corrected chi connectivity index (χ0v) is 15.9. The Morgan fingerprint density at radius 3 is 2.88 bits per heavy atom. The largest absolute Gasteiger partial charge is 0.383 e. The minimum absolute atomic E-state index is 0.652. The minimum atomic E-state index is 0.652. The number of hydrogen-bond donors (Lipinski definition) is 0. The zero-order chi connectivity index (χ0) is 17.9. The standard InChI is InChI=1S/C20H18ClN3OS/c1-25-12-11-24-18-7-3-2-6-17(18)23-20(24)26-13-14-8-9-16(21)15-5-4-10-22-19(14)15/h2-10H,11-13H2,1H3. The van der Waals surface area contributed by atoms with Gasteiger partial charge in [-0.05, 0) is 35.9 Å². The number of fused-ring (bicyclic) bond motifs is 2. The molecule has 0 atom stereocenters. The monoisotopic (exact) mass is 383 g/mol. The van der Waals surface area contributed by atoms with Gasteiger partial charge in [0.05, 0.1) is 23.2 Å². The van der Waals surface area contributed by atoms with Crippen molar-refractivity contribution < 1.29 is 4.74 Å². The van der Waals surface area contributed by atoms with Crippen LogP contribution in [0.1, 0.15) is 5.56 Å². The highest BCUT2D eigenvalue weighted by Gasteiger charge is 2.12. The molecule has 2 heterocycles. The molecule has 2 aromatic heterocycles. The van der Waals surface area contributed by atoms with Crippen LogP contribution >= 0.6 is 23.4 Å². The van der Waals surface area contributed by atoms with Crippen LogP contribution in [0.4, 0.5) is 0 Å². The van der Waals surface area contributed by atoms with E-state index in [2.05, 4.69) is 15.6 Å². The van der Waals surface area contributed by atoms with Crippen molar-refractivity contribution in [3.05, 3.63) is 65.3 Å². The van der Waals surface area contributed by atoms with Crippen molar-refractivity contribution in [2.24, 2.45) is 0 Å². The number of methoxy groups -OCH3 is 1. The van der Waals surface area contributed by atoms with Crippen molar-refractivity contribution in [3.63, 3.8) is 0 Å². The number of halogens is 1. The summed E-state index contributed by atoms with van der Waals surface area (Å²) in [7, 11) is 1.72. The number of benzene rings is 2. The molecular formula is C20H18ClN3OS. The van der Waals surface area contributed by atoms with Gasteiger partial charge >= 0.3 is 0 Å². The molecule has 26 heavy (non-hydrogen) atoms. The predicted octanol–water partition coefficient (Wildman–Crippen LogP) is 5.18. The summed E-state index contributed by atoms with van der Waals surface area (Å²) in [4.78, 5) is 9.33. The van der Waals surface area contributed by atoms with Crippen molar-refractivity contribution >= 4 is 45.3 Å². The molecule has 4 nitrogen and oxygen atoms in total. The fourth-order valence-electron chi connectivity index (χ4n) is 3.02. The SMILES string of the molecule is COCCn1c(SCc2ccc(Cl)c3cccnc23)nc2ccccc21. The van der Waals surface area contributed by atoms with Crippen LogP contribution in [0.3, 0.4) is 0 Å². The summed E-state index contributed by atoms with van der Waals surface area (Å²) in [5.41, 5.74) is 4.24. The molecule has 0 aliphatic rings. The number of hydrogen-bond acceptors (Lipinski definition) is 4. The third-order valence-corrected chi connectivity index (χ3v) is 5.65. The van der Waals surface area contributed by atoms with Crippen molar-refractivity contribution in [2.75, 3.05) is 13.7 Å². The summed E-state index contributed by atoms with van der Waals surface area (Å²) in [6, 6.07) is 16.1. The number of thioether (sulfide) groups is 1. The van der Waals surface area contributed by atoms with Gasteiger partial charge in [-0.25, -0.2) is 4.98 Å². The lowest BCUT2D eigenvalue weighted by Gasteiger charge is -2.09. The number of rotatable bonds is 6. The molecule has 0 amide bonds. The Morgan fingerprint density at radius 2 is 2.00 bits per heavy atom. The van der Waals surface area contributed by atoms with Crippen LogP contribution in [0.15, 0.2) is 59.9 Å². The summed E-state index contributed by atoms with van der Waals surface area (Å²) in [5.74, 6) is 0.779. The summed E-state index contributed by atoms with van der Waals surface area (Å²) >= 11 is 8.02. The molecule has 0 saturated carbocycles. The van der Waals surface area contributed by atoms with Gasteiger partial charge in [-0.2, -0.15) is 0 Å². The fraction of sp³-hybridized carbons (Fsp3) is 0.200. The van der Waals surface area contributed by atoms with Gasteiger partial charge in [-0.3, -0.25) is 4.98 Å². The van der Waals surface area contributed by atoms with Gasteiger partial charge < -0.3 is 9.30 Å². The first kappa shape index (κ1) is 17.3. The lowest BCUT2D eigenvalue weighted by Crippen LogP contribution is -2.05. The van der Waals surface area contributed by atoms with Crippen molar-refractivity contribution in [3.8, 4) is 0 Å². The van der Waals surface area contributed by atoms with Gasteiger partial charge in [0.25, 0.3) is 0 Å². The summed E-state index contributed by atoms with van der Waals surface area (Å²) < 4.78 is 7.49. The van der Waals surface area contributed by atoms with Gasteiger partial charge in [-0.15, -0.1) is 0 Å². The van der Waals surface area contributed by atoms with Crippen molar-refractivity contribution in [1.82, 2.24) is 14.5 Å². The Morgan fingerprint density at radius 1 is 1.12 bits per heavy atom. The van der Waals surface area contributed by atoms with E-state index < -0.39 is 0 Å². The second-order valence-electron chi connectivity index (χ2n) is 5.92. The topological polar surface area (TPSA) is 39.9 Å².